The first-order chi connectivity index (χ1) is 10.9. The van der Waals surface area contributed by atoms with Gasteiger partial charge in [0.1, 0.15) is 5.60 Å². The lowest BCUT2D eigenvalue weighted by atomic mass is 10.0. The van der Waals surface area contributed by atoms with Gasteiger partial charge in [0, 0.05) is 34.9 Å². The van der Waals surface area contributed by atoms with E-state index in [9.17, 15) is 4.21 Å². The average molecular weight is 335 g/mol. The molecule has 3 rings (SSSR count). The Kier molecular flexibility index (Phi) is 4.25. The molecule has 0 amide bonds. The molecule has 1 aromatic heterocycles. The normalized spacial score (nSPS) is 17.3. The number of rotatable bonds is 4. The Balaban J connectivity index is 1.95. The summed E-state index contributed by atoms with van der Waals surface area (Å²) in [7, 11) is -0.515. The Morgan fingerprint density at radius 2 is 2.04 bits per heavy atom. The van der Waals surface area contributed by atoms with Gasteiger partial charge in [-0.2, -0.15) is 9.35 Å². The van der Waals surface area contributed by atoms with Crippen molar-refractivity contribution in [3.63, 3.8) is 0 Å². The molecule has 1 saturated carbocycles. The van der Waals surface area contributed by atoms with E-state index in [4.69, 9.17) is 9.26 Å². The van der Waals surface area contributed by atoms with Crippen LogP contribution in [-0.4, -0.2) is 34.0 Å². The molecule has 1 aliphatic rings. The lowest BCUT2D eigenvalue weighted by Gasteiger charge is -2.22. The molecule has 7 heteroatoms. The highest BCUT2D eigenvalue weighted by atomic mass is 32.2. The first kappa shape index (κ1) is 16.1. The van der Waals surface area contributed by atoms with Crippen LogP contribution < -0.4 is 0 Å². The van der Waals surface area contributed by atoms with Crippen LogP contribution in [0.1, 0.15) is 31.5 Å². The molecule has 0 spiro atoms. The van der Waals surface area contributed by atoms with Crippen molar-refractivity contribution in [3.05, 3.63) is 30.1 Å². The van der Waals surface area contributed by atoms with Crippen molar-refractivity contribution in [1.29, 1.82) is 0 Å². The van der Waals surface area contributed by atoms with Crippen molar-refractivity contribution in [2.24, 2.45) is 4.36 Å². The van der Waals surface area contributed by atoms with Gasteiger partial charge in [0.25, 0.3) is 5.89 Å². The van der Waals surface area contributed by atoms with Gasteiger partial charge in [0.2, 0.25) is 5.82 Å². The van der Waals surface area contributed by atoms with Crippen LogP contribution in [0, 0.1) is 0 Å². The van der Waals surface area contributed by atoms with E-state index in [0.717, 1.165) is 31.2 Å². The molecule has 0 aliphatic heterocycles. The summed E-state index contributed by atoms with van der Waals surface area (Å²) in [4.78, 5) is 4.53. The Morgan fingerprint density at radius 1 is 1.30 bits per heavy atom. The first-order valence-corrected chi connectivity index (χ1v) is 9.92. The summed E-state index contributed by atoms with van der Waals surface area (Å²) in [5.74, 6) is 1.03. The molecule has 0 saturated heterocycles. The van der Waals surface area contributed by atoms with Gasteiger partial charge in [-0.15, -0.1) is 0 Å². The molecule has 1 aliphatic carbocycles. The van der Waals surface area contributed by atoms with Crippen molar-refractivity contribution >= 4 is 15.4 Å². The third-order valence-corrected chi connectivity index (χ3v) is 4.70. The Morgan fingerprint density at radius 3 is 2.70 bits per heavy atom. The van der Waals surface area contributed by atoms with Crippen LogP contribution >= 0.6 is 0 Å². The molecule has 0 bridgehead atoms. The Labute approximate surface area is 136 Å². The van der Waals surface area contributed by atoms with E-state index in [1.54, 1.807) is 31.8 Å². The maximum Gasteiger partial charge on any atom is 0.258 e. The van der Waals surface area contributed by atoms with Crippen LogP contribution in [0.25, 0.3) is 11.5 Å². The highest BCUT2D eigenvalue weighted by Crippen LogP contribution is 2.40. The molecule has 1 fully saturated rings. The topological polar surface area (TPSA) is 77.6 Å². The Bertz CT molecular complexity index is 807. The van der Waals surface area contributed by atoms with Gasteiger partial charge >= 0.3 is 0 Å². The second-order valence-corrected chi connectivity index (χ2v) is 8.70. The number of nitrogens with zero attached hydrogens (tertiary/aromatic N) is 3. The second kappa shape index (κ2) is 6.05. The van der Waals surface area contributed by atoms with E-state index < -0.39 is 15.3 Å². The molecule has 6 nitrogen and oxygen atoms in total. The molecule has 0 N–H and O–H groups in total. The van der Waals surface area contributed by atoms with E-state index in [2.05, 4.69) is 14.5 Å². The lowest BCUT2D eigenvalue weighted by molar-refractivity contribution is -0.0178. The molecule has 124 valence electrons. The molecule has 2 aromatic rings. The highest BCUT2D eigenvalue weighted by Gasteiger charge is 2.40. The van der Waals surface area contributed by atoms with Gasteiger partial charge in [0.15, 0.2) is 0 Å². The van der Waals surface area contributed by atoms with Gasteiger partial charge in [0.05, 0.1) is 5.69 Å². The third kappa shape index (κ3) is 3.45. The lowest BCUT2D eigenvalue weighted by Crippen LogP contribution is -2.25. The number of methoxy groups -OCH3 is 1. The predicted molar refractivity (Wildman–Crippen MR) is 89.0 cm³/mol. The van der Waals surface area contributed by atoms with Gasteiger partial charge in [-0.25, -0.2) is 4.21 Å². The molecular formula is C16H21N3O3S. The van der Waals surface area contributed by atoms with Gasteiger partial charge in [-0.05, 0) is 43.9 Å². The molecule has 0 radical (unpaired) electrons. The van der Waals surface area contributed by atoms with Crippen molar-refractivity contribution in [3.8, 4) is 11.5 Å². The van der Waals surface area contributed by atoms with E-state index >= 15 is 0 Å². The molecule has 0 unspecified atom stereocenters. The fourth-order valence-electron chi connectivity index (χ4n) is 2.94. The number of benzene rings is 1. The van der Waals surface area contributed by atoms with Crippen molar-refractivity contribution in [2.75, 3.05) is 19.6 Å². The molecule has 0 atom stereocenters. The number of aromatic nitrogens is 2. The zero-order valence-electron chi connectivity index (χ0n) is 13.6. The Hall–Kier alpha value is -1.73. The van der Waals surface area contributed by atoms with E-state index in [-0.39, 0.29) is 0 Å². The minimum atomic E-state index is -2.21. The first-order valence-electron chi connectivity index (χ1n) is 7.59. The zero-order chi connectivity index (χ0) is 16.5. The van der Waals surface area contributed by atoms with Crippen LogP contribution in [0.2, 0.25) is 0 Å². The standard InChI is InChI=1S/C16H21N3O3S/c1-21-16(9-4-5-10-16)15-17-14(22-18-15)12-7-6-8-13(11-12)19-23(2,3)20/h6-8,11H,4-5,9-10H2,1-3H3. The maximum absolute atomic E-state index is 11.8. The van der Waals surface area contributed by atoms with E-state index in [0.29, 0.717) is 17.4 Å². The summed E-state index contributed by atoms with van der Waals surface area (Å²) < 4.78 is 27.1. The predicted octanol–water partition coefficient (Wildman–Crippen LogP) is 3.51. The van der Waals surface area contributed by atoms with Gasteiger partial charge in [-0.3, -0.25) is 0 Å². The molecule has 1 aromatic carbocycles. The number of hydrogen-bond donors (Lipinski definition) is 0. The van der Waals surface area contributed by atoms with Crippen LogP contribution in [0.4, 0.5) is 5.69 Å². The van der Waals surface area contributed by atoms with E-state index in [1.165, 1.54) is 0 Å². The van der Waals surface area contributed by atoms with Gasteiger partial charge in [-0.1, -0.05) is 11.2 Å². The summed E-state index contributed by atoms with van der Waals surface area (Å²) in [5, 5.41) is 4.12. The summed E-state index contributed by atoms with van der Waals surface area (Å²) in [6, 6.07) is 7.32. The van der Waals surface area contributed by atoms with E-state index in [1.807, 2.05) is 12.1 Å². The molecular weight excluding hydrogens is 314 g/mol. The summed E-state index contributed by atoms with van der Waals surface area (Å²) >= 11 is 0. The van der Waals surface area contributed by atoms with Crippen LogP contribution in [0.5, 0.6) is 0 Å². The highest BCUT2D eigenvalue weighted by molar-refractivity contribution is 7.92. The number of hydrogen-bond acceptors (Lipinski definition) is 6. The zero-order valence-corrected chi connectivity index (χ0v) is 14.4. The minimum absolute atomic E-state index is 0.426. The fraction of sp³-hybridized carbons (Fsp3) is 0.500. The molecule has 1 heterocycles. The van der Waals surface area contributed by atoms with Crippen LogP contribution in [-0.2, 0) is 20.1 Å². The summed E-state index contributed by atoms with van der Waals surface area (Å²) in [5.41, 5.74) is 0.975. The van der Waals surface area contributed by atoms with Crippen molar-refractivity contribution < 1.29 is 13.5 Å². The maximum atomic E-state index is 11.8. The smallest absolute Gasteiger partial charge is 0.258 e. The van der Waals surface area contributed by atoms with Crippen LogP contribution in [0.3, 0.4) is 0 Å². The minimum Gasteiger partial charge on any atom is -0.370 e. The quantitative estimate of drug-likeness (QED) is 0.854. The van der Waals surface area contributed by atoms with Gasteiger partial charge < -0.3 is 9.26 Å². The fourth-order valence-corrected chi connectivity index (χ4v) is 3.56. The third-order valence-electron chi connectivity index (χ3n) is 4.05. The summed E-state index contributed by atoms with van der Waals surface area (Å²) in [6.45, 7) is 0. The monoisotopic (exact) mass is 335 g/mol. The van der Waals surface area contributed by atoms with Crippen LogP contribution in [0.15, 0.2) is 33.2 Å². The number of ether oxygens (including phenoxy) is 1. The summed E-state index contributed by atoms with van der Waals surface area (Å²) in [6.07, 6.45) is 7.23. The molecule has 23 heavy (non-hydrogen) atoms. The largest absolute Gasteiger partial charge is 0.370 e. The second-order valence-electron chi connectivity index (χ2n) is 6.15. The van der Waals surface area contributed by atoms with Crippen molar-refractivity contribution in [2.45, 2.75) is 31.3 Å². The van der Waals surface area contributed by atoms with Crippen molar-refractivity contribution in [1.82, 2.24) is 10.1 Å². The average Bonchev–Trinajstić information content (AvgIpc) is 3.16. The SMILES string of the molecule is COC1(c2noc(-c3cccc(N=S(C)(C)=O)c3)n2)CCCC1.